The number of aromatic nitrogens is 1. The molecule has 1 aromatic heterocycles. The molecule has 2 N–H and O–H groups in total. The highest BCUT2D eigenvalue weighted by Gasteiger charge is 2.17. The highest BCUT2D eigenvalue weighted by molar-refractivity contribution is 5.73. The lowest BCUT2D eigenvalue weighted by molar-refractivity contribution is 0.0209. The van der Waals surface area contributed by atoms with Gasteiger partial charge >= 0.3 is 6.03 Å². The Kier molecular flexibility index (Phi) is 7.27. The molecule has 2 rings (SSSR count). The number of nitrogens with one attached hydrogen (secondary N) is 2. The zero-order valence-electron chi connectivity index (χ0n) is 14.7. The molecule has 1 saturated heterocycles. The van der Waals surface area contributed by atoms with Gasteiger partial charge in [0, 0.05) is 44.5 Å². The summed E-state index contributed by atoms with van der Waals surface area (Å²) in [5, 5.41) is 5.75. The molecule has 0 bridgehead atoms. The fourth-order valence-corrected chi connectivity index (χ4v) is 2.46. The SMILES string of the molecule is CC(C)Oc1ccc(CNC(=O)NCC(C)N2CCOCC2)cn1. The smallest absolute Gasteiger partial charge is 0.315 e. The van der Waals surface area contributed by atoms with Crippen LogP contribution in [0.1, 0.15) is 26.3 Å². The molecule has 1 aliphatic rings. The fraction of sp³-hybridized carbons (Fsp3) is 0.647. The fourth-order valence-electron chi connectivity index (χ4n) is 2.46. The van der Waals surface area contributed by atoms with Gasteiger partial charge in [0.1, 0.15) is 0 Å². The summed E-state index contributed by atoms with van der Waals surface area (Å²) < 4.78 is 10.8. The van der Waals surface area contributed by atoms with Crippen molar-refractivity contribution in [2.75, 3.05) is 32.8 Å². The van der Waals surface area contributed by atoms with E-state index in [1.807, 2.05) is 26.0 Å². The number of morpholine rings is 1. The Bertz CT molecular complexity index is 501. The van der Waals surface area contributed by atoms with Gasteiger partial charge in [-0.05, 0) is 26.3 Å². The maximum absolute atomic E-state index is 11.9. The number of carbonyl (C=O) groups excluding carboxylic acids is 1. The van der Waals surface area contributed by atoms with E-state index in [9.17, 15) is 4.79 Å². The maximum atomic E-state index is 11.9. The number of ether oxygens (including phenoxy) is 2. The number of rotatable bonds is 7. The maximum Gasteiger partial charge on any atom is 0.315 e. The van der Waals surface area contributed by atoms with Gasteiger partial charge in [0.25, 0.3) is 0 Å². The molecule has 0 aromatic carbocycles. The zero-order valence-corrected chi connectivity index (χ0v) is 14.7. The molecule has 1 aromatic rings. The van der Waals surface area contributed by atoms with Crippen LogP contribution >= 0.6 is 0 Å². The number of hydrogen-bond acceptors (Lipinski definition) is 5. The second-order valence-corrected chi connectivity index (χ2v) is 6.23. The predicted molar refractivity (Wildman–Crippen MR) is 92.1 cm³/mol. The molecular weight excluding hydrogens is 308 g/mol. The Morgan fingerprint density at radius 2 is 2.04 bits per heavy atom. The summed E-state index contributed by atoms with van der Waals surface area (Å²) in [6.07, 6.45) is 1.81. The number of urea groups is 1. The quantitative estimate of drug-likeness (QED) is 0.787. The minimum absolute atomic E-state index is 0.0979. The van der Waals surface area contributed by atoms with Crippen LogP contribution < -0.4 is 15.4 Å². The van der Waals surface area contributed by atoms with Crippen LogP contribution in [0.5, 0.6) is 5.88 Å². The summed E-state index contributed by atoms with van der Waals surface area (Å²) >= 11 is 0. The van der Waals surface area contributed by atoms with Crippen molar-refractivity contribution in [1.29, 1.82) is 0 Å². The topological polar surface area (TPSA) is 75.7 Å². The molecule has 0 saturated carbocycles. The lowest BCUT2D eigenvalue weighted by Gasteiger charge is -2.32. The molecule has 2 heterocycles. The van der Waals surface area contributed by atoms with Crippen molar-refractivity contribution in [3.05, 3.63) is 23.9 Å². The van der Waals surface area contributed by atoms with Crippen molar-refractivity contribution < 1.29 is 14.3 Å². The van der Waals surface area contributed by atoms with Crippen LogP contribution in [0.3, 0.4) is 0 Å². The molecule has 1 unspecified atom stereocenters. The van der Waals surface area contributed by atoms with Gasteiger partial charge in [-0.15, -0.1) is 0 Å². The molecule has 1 aliphatic heterocycles. The van der Waals surface area contributed by atoms with Gasteiger partial charge in [0.05, 0.1) is 19.3 Å². The summed E-state index contributed by atoms with van der Waals surface area (Å²) in [7, 11) is 0. The van der Waals surface area contributed by atoms with Crippen LogP contribution in [0.15, 0.2) is 18.3 Å². The predicted octanol–water partition coefficient (Wildman–Crippen LogP) is 1.39. The van der Waals surface area contributed by atoms with Crippen molar-refractivity contribution in [2.24, 2.45) is 0 Å². The first kappa shape index (κ1) is 18.5. The van der Waals surface area contributed by atoms with Crippen molar-refractivity contribution in [3.63, 3.8) is 0 Å². The molecule has 134 valence electrons. The number of nitrogens with zero attached hydrogens (tertiary/aromatic N) is 2. The van der Waals surface area contributed by atoms with Gasteiger partial charge in [0.2, 0.25) is 5.88 Å². The monoisotopic (exact) mass is 336 g/mol. The molecule has 7 nitrogen and oxygen atoms in total. The first-order valence-corrected chi connectivity index (χ1v) is 8.49. The first-order valence-electron chi connectivity index (χ1n) is 8.49. The van der Waals surface area contributed by atoms with Crippen LogP contribution in [0.25, 0.3) is 0 Å². The highest BCUT2D eigenvalue weighted by atomic mass is 16.5. The number of hydrogen-bond donors (Lipinski definition) is 2. The second-order valence-electron chi connectivity index (χ2n) is 6.23. The van der Waals surface area contributed by atoms with Crippen LogP contribution in [0.2, 0.25) is 0 Å². The van der Waals surface area contributed by atoms with E-state index in [0.29, 0.717) is 25.0 Å². The Balaban J connectivity index is 1.67. The van der Waals surface area contributed by atoms with Crippen molar-refractivity contribution in [2.45, 2.75) is 39.5 Å². The van der Waals surface area contributed by atoms with Gasteiger partial charge in [-0.1, -0.05) is 6.07 Å². The van der Waals surface area contributed by atoms with Gasteiger partial charge in [-0.25, -0.2) is 9.78 Å². The van der Waals surface area contributed by atoms with E-state index >= 15 is 0 Å². The first-order chi connectivity index (χ1) is 11.5. The van der Waals surface area contributed by atoms with E-state index in [-0.39, 0.29) is 12.1 Å². The van der Waals surface area contributed by atoms with E-state index < -0.39 is 0 Å². The van der Waals surface area contributed by atoms with Crippen molar-refractivity contribution in [1.82, 2.24) is 20.5 Å². The molecule has 2 amide bonds. The van der Waals surface area contributed by atoms with Crippen molar-refractivity contribution in [3.8, 4) is 5.88 Å². The number of amides is 2. The molecule has 0 radical (unpaired) electrons. The van der Waals surface area contributed by atoms with E-state index in [1.165, 1.54) is 0 Å². The van der Waals surface area contributed by atoms with Gasteiger partial charge < -0.3 is 20.1 Å². The molecule has 7 heteroatoms. The normalized spacial score (nSPS) is 16.7. The van der Waals surface area contributed by atoms with E-state index in [1.54, 1.807) is 6.20 Å². The largest absolute Gasteiger partial charge is 0.475 e. The zero-order chi connectivity index (χ0) is 17.4. The summed E-state index contributed by atoms with van der Waals surface area (Å²) in [5.41, 5.74) is 0.933. The van der Waals surface area contributed by atoms with Crippen molar-refractivity contribution >= 4 is 6.03 Å². The second kappa shape index (κ2) is 9.44. The Morgan fingerprint density at radius 3 is 2.67 bits per heavy atom. The number of carbonyl (C=O) groups is 1. The third kappa shape index (κ3) is 6.33. The minimum atomic E-state index is -0.169. The van der Waals surface area contributed by atoms with Crippen LogP contribution in [0, 0.1) is 0 Å². The Morgan fingerprint density at radius 1 is 1.29 bits per heavy atom. The van der Waals surface area contributed by atoms with Crippen LogP contribution in [-0.2, 0) is 11.3 Å². The lowest BCUT2D eigenvalue weighted by atomic mass is 10.2. The molecular formula is C17H28N4O3. The molecule has 1 fully saturated rings. The van der Waals surface area contributed by atoms with Crippen LogP contribution in [0.4, 0.5) is 4.79 Å². The van der Waals surface area contributed by atoms with Gasteiger partial charge in [-0.3, -0.25) is 4.90 Å². The third-order valence-electron chi connectivity index (χ3n) is 3.83. The minimum Gasteiger partial charge on any atom is -0.475 e. The molecule has 1 atom stereocenters. The highest BCUT2D eigenvalue weighted by Crippen LogP contribution is 2.09. The average Bonchev–Trinajstić information content (AvgIpc) is 2.59. The summed E-state index contributed by atoms with van der Waals surface area (Å²) in [6.45, 7) is 10.4. The van der Waals surface area contributed by atoms with Gasteiger partial charge in [0.15, 0.2) is 0 Å². The summed E-state index contributed by atoms with van der Waals surface area (Å²) in [6, 6.07) is 3.85. The Labute approximate surface area is 143 Å². The third-order valence-corrected chi connectivity index (χ3v) is 3.83. The Hall–Kier alpha value is -1.86. The molecule has 0 aliphatic carbocycles. The van der Waals surface area contributed by atoms with E-state index in [2.05, 4.69) is 27.4 Å². The van der Waals surface area contributed by atoms with Crippen LogP contribution in [-0.4, -0.2) is 60.9 Å². The van der Waals surface area contributed by atoms with Gasteiger partial charge in [-0.2, -0.15) is 0 Å². The lowest BCUT2D eigenvalue weighted by Crippen LogP contribution is -2.48. The summed E-state index contributed by atoms with van der Waals surface area (Å²) in [5.74, 6) is 0.595. The van der Waals surface area contributed by atoms with E-state index in [4.69, 9.17) is 9.47 Å². The average molecular weight is 336 g/mol. The molecule has 0 spiro atoms. The standard InChI is InChI=1S/C17H28N4O3/c1-13(2)24-16-5-4-15(11-18-16)12-20-17(22)19-10-14(3)21-6-8-23-9-7-21/h4-5,11,13-14H,6-10,12H2,1-3H3,(H2,19,20,22). The molecule has 24 heavy (non-hydrogen) atoms. The number of pyridine rings is 1. The summed E-state index contributed by atoms with van der Waals surface area (Å²) in [4.78, 5) is 18.4. The van der Waals surface area contributed by atoms with E-state index in [0.717, 1.165) is 31.9 Å².